The first-order valence-corrected chi connectivity index (χ1v) is 8.45. The van der Waals surface area contributed by atoms with E-state index in [1.807, 2.05) is 25.1 Å². The molecule has 4 rings (SSSR count). The van der Waals surface area contributed by atoms with Gasteiger partial charge in [0.15, 0.2) is 0 Å². The molecular formula is C15H19N5OS. The normalized spacial score (nSPS) is 25.2. The molecule has 0 radical (unpaired) electrons. The Morgan fingerprint density at radius 3 is 2.95 bits per heavy atom. The summed E-state index contributed by atoms with van der Waals surface area (Å²) < 4.78 is 1.75. The first kappa shape index (κ1) is 13.9. The topological polar surface area (TPSA) is 54.3 Å². The zero-order valence-corrected chi connectivity index (χ0v) is 13.6. The predicted octanol–water partition coefficient (Wildman–Crippen LogP) is 1.56. The standard InChI is InChI=1S/C15H19N5OS/c1-10-17-11(9-22-10)7-19-4-3-13-14(19)5-15(21)20(13)12-6-16-18(2)8-12/h6,8-9,13-14H,3-5,7H2,1-2H3. The van der Waals surface area contributed by atoms with Gasteiger partial charge in [-0.3, -0.25) is 14.4 Å². The predicted molar refractivity (Wildman–Crippen MR) is 84.8 cm³/mol. The number of hydrogen-bond donors (Lipinski definition) is 0. The average molecular weight is 317 g/mol. The van der Waals surface area contributed by atoms with Crippen LogP contribution >= 0.6 is 11.3 Å². The Bertz CT molecular complexity index is 708. The van der Waals surface area contributed by atoms with Crippen molar-refractivity contribution in [1.29, 1.82) is 0 Å². The van der Waals surface area contributed by atoms with Gasteiger partial charge in [0.2, 0.25) is 5.91 Å². The van der Waals surface area contributed by atoms with E-state index in [-0.39, 0.29) is 11.9 Å². The molecule has 2 aromatic heterocycles. The molecule has 0 saturated carbocycles. The fourth-order valence-corrected chi connectivity index (χ4v) is 4.29. The molecule has 0 aromatic carbocycles. The molecular weight excluding hydrogens is 298 g/mol. The summed E-state index contributed by atoms with van der Waals surface area (Å²) in [6.45, 7) is 3.90. The van der Waals surface area contributed by atoms with Crippen molar-refractivity contribution in [2.24, 2.45) is 7.05 Å². The van der Waals surface area contributed by atoms with Crippen molar-refractivity contribution < 1.29 is 4.79 Å². The van der Waals surface area contributed by atoms with E-state index < -0.39 is 0 Å². The van der Waals surface area contributed by atoms with Crippen molar-refractivity contribution in [2.75, 3.05) is 11.4 Å². The Labute approximate surface area is 133 Å². The number of fused-ring (bicyclic) bond motifs is 1. The molecule has 0 bridgehead atoms. The largest absolute Gasteiger partial charge is 0.305 e. The Kier molecular flexibility index (Phi) is 3.27. The Hall–Kier alpha value is -1.73. The number of carbonyl (C=O) groups is 1. The number of rotatable bonds is 3. The molecule has 0 spiro atoms. The van der Waals surface area contributed by atoms with Gasteiger partial charge in [-0.15, -0.1) is 11.3 Å². The van der Waals surface area contributed by atoms with Crippen molar-refractivity contribution in [3.05, 3.63) is 28.5 Å². The molecule has 2 atom stereocenters. The SMILES string of the molecule is Cc1nc(CN2CCC3C2CC(=O)N3c2cnn(C)c2)cs1. The van der Waals surface area contributed by atoms with Crippen LogP contribution in [-0.2, 0) is 18.4 Å². The van der Waals surface area contributed by atoms with Crippen LogP contribution in [0.2, 0.25) is 0 Å². The van der Waals surface area contributed by atoms with E-state index in [1.54, 1.807) is 22.2 Å². The van der Waals surface area contributed by atoms with Crippen molar-refractivity contribution in [3.63, 3.8) is 0 Å². The highest BCUT2D eigenvalue weighted by Gasteiger charge is 2.47. The number of nitrogens with zero attached hydrogens (tertiary/aromatic N) is 5. The van der Waals surface area contributed by atoms with Gasteiger partial charge in [0, 0.05) is 44.2 Å². The van der Waals surface area contributed by atoms with Gasteiger partial charge in [-0.2, -0.15) is 5.10 Å². The van der Waals surface area contributed by atoms with Crippen molar-refractivity contribution in [2.45, 2.75) is 38.4 Å². The Morgan fingerprint density at radius 2 is 2.27 bits per heavy atom. The zero-order chi connectivity index (χ0) is 15.3. The highest BCUT2D eigenvalue weighted by molar-refractivity contribution is 7.09. The Balaban J connectivity index is 1.54. The van der Waals surface area contributed by atoms with Crippen LogP contribution in [0.3, 0.4) is 0 Å². The van der Waals surface area contributed by atoms with Crippen LogP contribution in [0.1, 0.15) is 23.5 Å². The molecule has 116 valence electrons. The number of anilines is 1. The highest BCUT2D eigenvalue weighted by Crippen LogP contribution is 2.36. The molecule has 22 heavy (non-hydrogen) atoms. The monoisotopic (exact) mass is 317 g/mol. The minimum atomic E-state index is 0.210. The zero-order valence-electron chi connectivity index (χ0n) is 12.8. The molecule has 2 aliphatic rings. The Morgan fingerprint density at radius 1 is 1.41 bits per heavy atom. The van der Waals surface area contributed by atoms with Crippen LogP contribution in [0.25, 0.3) is 0 Å². The van der Waals surface area contributed by atoms with E-state index in [0.29, 0.717) is 12.5 Å². The van der Waals surface area contributed by atoms with E-state index in [9.17, 15) is 4.79 Å². The molecule has 2 fully saturated rings. The van der Waals surface area contributed by atoms with Crippen molar-refractivity contribution in [3.8, 4) is 0 Å². The van der Waals surface area contributed by atoms with Gasteiger partial charge in [-0.05, 0) is 13.3 Å². The van der Waals surface area contributed by atoms with Crippen LogP contribution in [-0.4, -0.2) is 44.2 Å². The van der Waals surface area contributed by atoms with Gasteiger partial charge in [-0.1, -0.05) is 0 Å². The minimum Gasteiger partial charge on any atom is -0.305 e. The second-order valence-corrected chi connectivity index (χ2v) is 7.15. The van der Waals surface area contributed by atoms with E-state index >= 15 is 0 Å². The van der Waals surface area contributed by atoms with E-state index in [0.717, 1.165) is 35.9 Å². The molecule has 2 aromatic rings. The lowest BCUT2D eigenvalue weighted by atomic mass is 10.1. The summed E-state index contributed by atoms with van der Waals surface area (Å²) in [5, 5.41) is 7.43. The maximum absolute atomic E-state index is 12.4. The molecule has 7 heteroatoms. The third kappa shape index (κ3) is 2.24. The molecule has 2 saturated heterocycles. The molecule has 2 aliphatic heterocycles. The summed E-state index contributed by atoms with van der Waals surface area (Å²) in [5.41, 5.74) is 2.04. The number of thiazole rings is 1. The number of amides is 1. The number of aromatic nitrogens is 3. The third-order valence-corrected chi connectivity index (χ3v) is 5.43. The molecule has 0 N–H and O–H groups in total. The molecule has 0 aliphatic carbocycles. The fourth-order valence-electron chi connectivity index (χ4n) is 3.68. The van der Waals surface area contributed by atoms with Gasteiger partial charge >= 0.3 is 0 Å². The lowest BCUT2D eigenvalue weighted by Crippen LogP contribution is -2.37. The highest BCUT2D eigenvalue weighted by atomic mass is 32.1. The number of likely N-dealkylation sites (tertiary alicyclic amines) is 1. The van der Waals surface area contributed by atoms with Crippen LogP contribution in [0.15, 0.2) is 17.8 Å². The van der Waals surface area contributed by atoms with E-state index in [4.69, 9.17) is 0 Å². The maximum atomic E-state index is 12.4. The number of hydrogen-bond acceptors (Lipinski definition) is 5. The van der Waals surface area contributed by atoms with Gasteiger partial charge in [0.05, 0.1) is 28.6 Å². The van der Waals surface area contributed by atoms with Crippen LogP contribution in [0.4, 0.5) is 5.69 Å². The van der Waals surface area contributed by atoms with Gasteiger partial charge in [0.1, 0.15) is 0 Å². The minimum absolute atomic E-state index is 0.210. The second-order valence-electron chi connectivity index (χ2n) is 6.09. The van der Waals surface area contributed by atoms with Gasteiger partial charge < -0.3 is 4.90 Å². The van der Waals surface area contributed by atoms with Crippen LogP contribution in [0.5, 0.6) is 0 Å². The summed E-state index contributed by atoms with van der Waals surface area (Å²) in [6, 6.07) is 0.575. The number of carbonyl (C=O) groups excluding carboxylic acids is 1. The average Bonchev–Trinajstić information content (AvgIpc) is 3.20. The first-order valence-electron chi connectivity index (χ1n) is 7.57. The van der Waals surface area contributed by atoms with E-state index in [1.165, 1.54) is 0 Å². The maximum Gasteiger partial charge on any atom is 0.229 e. The van der Waals surface area contributed by atoms with Crippen LogP contribution < -0.4 is 4.90 Å². The molecule has 6 nitrogen and oxygen atoms in total. The quantitative estimate of drug-likeness (QED) is 0.862. The van der Waals surface area contributed by atoms with Crippen molar-refractivity contribution in [1.82, 2.24) is 19.7 Å². The summed E-state index contributed by atoms with van der Waals surface area (Å²) in [7, 11) is 1.88. The third-order valence-electron chi connectivity index (χ3n) is 4.61. The lowest BCUT2D eigenvalue weighted by molar-refractivity contribution is -0.117. The van der Waals surface area contributed by atoms with Gasteiger partial charge in [-0.25, -0.2) is 4.98 Å². The van der Waals surface area contributed by atoms with Crippen molar-refractivity contribution >= 4 is 22.9 Å². The molecule has 2 unspecified atom stereocenters. The van der Waals surface area contributed by atoms with Gasteiger partial charge in [0.25, 0.3) is 0 Å². The van der Waals surface area contributed by atoms with Crippen LogP contribution in [0, 0.1) is 6.92 Å². The van der Waals surface area contributed by atoms with E-state index in [2.05, 4.69) is 20.4 Å². The fraction of sp³-hybridized carbons (Fsp3) is 0.533. The smallest absolute Gasteiger partial charge is 0.229 e. The second kappa shape index (κ2) is 5.17. The summed E-state index contributed by atoms with van der Waals surface area (Å²) >= 11 is 1.69. The number of aryl methyl sites for hydroxylation is 2. The summed E-state index contributed by atoms with van der Waals surface area (Å²) in [6.07, 6.45) is 5.33. The lowest BCUT2D eigenvalue weighted by Gasteiger charge is -2.24. The summed E-state index contributed by atoms with van der Waals surface area (Å²) in [5.74, 6) is 0.210. The molecule has 1 amide bonds. The summed E-state index contributed by atoms with van der Waals surface area (Å²) in [4.78, 5) is 21.4. The first-order chi connectivity index (χ1) is 10.6. The molecule has 4 heterocycles.